The van der Waals surface area contributed by atoms with Crippen LogP contribution in [0.5, 0.6) is 5.75 Å². The van der Waals surface area contributed by atoms with E-state index in [1.54, 1.807) is 33.1 Å². The molecule has 4 rings (SSSR count). The summed E-state index contributed by atoms with van der Waals surface area (Å²) in [5.41, 5.74) is 3.28. The van der Waals surface area contributed by atoms with E-state index in [1.165, 1.54) is 4.31 Å². The van der Waals surface area contributed by atoms with Gasteiger partial charge in [0.15, 0.2) is 0 Å². The van der Waals surface area contributed by atoms with Crippen LogP contribution in [0.3, 0.4) is 0 Å². The summed E-state index contributed by atoms with van der Waals surface area (Å²) in [5.74, 6) is 0.548. The molecule has 0 aliphatic carbocycles. The van der Waals surface area contributed by atoms with Gasteiger partial charge < -0.3 is 18.9 Å². The second kappa shape index (κ2) is 12.8. The molecule has 0 fully saturated rings. The summed E-state index contributed by atoms with van der Waals surface area (Å²) in [6.07, 6.45) is 3.92. The van der Waals surface area contributed by atoms with Gasteiger partial charge in [0.25, 0.3) is 0 Å². The minimum Gasteiger partial charge on any atom is -0.497 e. The van der Waals surface area contributed by atoms with Crippen LogP contribution < -0.4 is 4.74 Å². The number of benzene rings is 2. The molecule has 8 nitrogen and oxygen atoms in total. The summed E-state index contributed by atoms with van der Waals surface area (Å²) >= 11 is 0. The molecular formula is C30H39N3O5S. The number of fused-ring (bicyclic) bond motifs is 1. The molecule has 0 spiro atoms. The smallest absolute Gasteiger partial charge is 0.249 e. The van der Waals surface area contributed by atoms with Crippen molar-refractivity contribution in [2.75, 3.05) is 33.4 Å². The Balaban J connectivity index is 1.46. The molecule has 3 aromatic rings. The van der Waals surface area contributed by atoms with Crippen LogP contribution in [0.1, 0.15) is 48.2 Å². The molecule has 2 aromatic carbocycles. The lowest BCUT2D eigenvalue weighted by Crippen LogP contribution is -2.43. The van der Waals surface area contributed by atoms with Crippen molar-refractivity contribution in [3.05, 3.63) is 83.2 Å². The van der Waals surface area contributed by atoms with Crippen molar-refractivity contribution in [3.8, 4) is 5.75 Å². The number of sulfonamides is 1. The Morgan fingerprint density at radius 1 is 1.05 bits per heavy atom. The zero-order valence-electron chi connectivity index (χ0n) is 23.3. The number of hydrogen-bond acceptors (Lipinski definition) is 5. The SMILES string of the molecule is CCCC1c2cccn2CCN1C(=O)COCCN(Cc1ccccc1)S(=O)(=O)c1c(C)cc(OC)cc1C. The van der Waals surface area contributed by atoms with Crippen molar-refractivity contribution in [1.29, 1.82) is 0 Å². The maximum absolute atomic E-state index is 13.9. The predicted molar refractivity (Wildman–Crippen MR) is 151 cm³/mol. The van der Waals surface area contributed by atoms with Gasteiger partial charge in [-0.1, -0.05) is 43.7 Å². The predicted octanol–water partition coefficient (Wildman–Crippen LogP) is 4.70. The van der Waals surface area contributed by atoms with Crippen LogP contribution in [-0.4, -0.2) is 61.5 Å². The van der Waals surface area contributed by atoms with Crippen molar-refractivity contribution in [3.63, 3.8) is 0 Å². The fourth-order valence-electron chi connectivity index (χ4n) is 5.38. The van der Waals surface area contributed by atoms with Gasteiger partial charge >= 0.3 is 0 Å². The van der Waals surface area contributed by atoms with Gasteiger partial charge in [0.05, 0.1) is 24.7 Å². The van der Waals surface area contributed by atoms with E-state index in [-0.39, 0.29) is 43.1 Å². The van der Waals surface area contributed by atoms with Gasteiger partial charge in [0, 0.05) is 38.1 Å². The lowest BCUT2D eigenvalue weighted by atomic mass is 10.0. The van der Waals surface area contributed by atoms with Crippen molar-refractivity contribution in [2.24, 2.45) is 0 Å². The number of methoxy groups -OCH3 is 1. The highest BCUT2D eigenvalue weighted by Crippen LogP contribution is 2.31. The number of aryl methyl sites for hydroxylation is 2. The Kier molecular flexibility index (Phi) is 9.48. The molecule has 210 valence electrons. The largest absolute Gasteiger partial charge is 0.497 e. The molecule has 0 radical (unpaired) electrons. The number of aromatic nitrogens is 1. The van der Waals surface area contributed by atoms with Gasteiger partial charge in [-0.15, -0.1) is 0 Å². The van der Waals surface area contributed by atoms with Crippen molar-refractivity contribution in [2.45, 2.75) is 57.6 Å². The number of amides is 1. The summed E-state index contributed by atoms with van der Waals surface area (Å²) in [5, 5.41) is 0. The normalized spacial score (nSPS) is 15.4. The molecule has 0 bridgehead atoms. The Bertz CT molecular complexity index is 1350. The number of ether oxygens (including phenoxy) is 2. The lowest BCUT2D eigenvalue weighted by Gasteiger charge is -2.37. The maximum atomic E-state index is 13.9. The van der Waals surface area contributed by atoms with Gasteiger partial charge in [-0.3, -0.25) is 4.79 Å². The summed E-state index contributed by atoms with van der Waals surface area (Å²) in [4.78, 5) is 15.3. The molecule has 2 heterocycles. The van der Waals surface area contributed by atoms with E-state index >= 15 is 0 Å². The number of carbonyl (C=O) groups is 1. The molecule has 1 aromatic heterocycles. The van der Waals surface area contributed by atoms with Gasteiger partial charge in [-0.25, -0.2) is 8.42 Å². The Labute approximate surface area is 232 Å². The monoisotopic (exact) mass is 553 g/mol. The van der Waals surface area contributed by atoms with E-state index in [9.17, 15) is 13.2 Å². The fraction of sp³-hybridized carbons (Fsp3) is 0.433. The minimum absolute atomic E-state index is 0.0332. The zero-order valence-corrected chi connectivity index (χ0v) is 24.1. The topological polar surface area (TPSA) is 81.1 Å². The maximum Gasteiger partial charge on any atom is 0.249 e. The number of rotatable bonds is 12. The van der Waals surface area contributed by atoms with E-state index in [2.05, 4.69) is 23.8 Å². The second-order valence-electron chi connectivity index (χ2n) is 9.99. The highest BCUT2D eigenvalue weighted by molar-refractivity contribution is 7.89. The van der Waals surface area contributed by atoms with E-state index in [0.29, 0.717) is 23.4 Å². The summed E-state index contributed by atoms with van der Waals surface area (Å²) in [6.45, 7) is 7.42. The van der Waals surface area contributed by atoms with Crippen LogP contribution in [0.4, 0.5) is 0 Å². The number of hydrogen-bond donors (Lipinski definition) is 0. The van der Waals surface area contributed by atoms with Gasteiger partial charge in [-0.2, -0.15) is 4.31 Å². The standard InChI is InChI=1S/C30H39N3O5S/c1-5-10-28-27-13-9-14-31(27)15-16-33(28)29(34)22-38-18-17-32(21-25-11-7-6-8-12-25)39(35,36)30-23(2)19-26(37-4)20-24(30)3/h6-9,11-14,19-20,28H,5,10,15-18,21-22H2,1-4H3. The molecule has 39 heavy (non-hydrogen) atoms. The molecule has 1 aliphatic heterocycles. The van der Waals surface area contributed by atoms with Crippen LogP contribution in [0.15, 0.2) is 65.7 Å². The van der Waals surface area contributed by atoms with Gasteiger partial charge in [0.1, 0.15) is 12.4 Å². The van der Waals surface area contributed by atoms with E-state index in [1.807, 2.05) is 41.3 Å². The average Bonchev–Trinajstić information content (AvgIpc) is 3.40. The fourth-order valence-corrected chi connectivity index (χ4v) is 7.21. The lowest BCUT2D eigenvalue weighted by molar-refractivity contribution is -0.140. The van der Waals surface area contributed by atoms with Crippen LogP contribution >= 0.6 is 0 Å². The first-order chi connectivity index (χ1) is 18.8. The van der Waals surface area contributed by atoms with Crippen molar-refractivity contribution >= 4 is 15.9 Å². The van der Waals surface area contributed by atoms with Crippen LogP contribution in [0, 0.1) is 13.8 Å². The van der Waals surface area contributed by atoms with Gasteiger partial charge in [0.2, 0.25) is 15.9 Å². The van der Waals surface area contributed by atoms with Crippen LogP contribution in [-0.2, 0) is 32.6 Å². The molecule has 0 saturated carbocycles. The highest BCUT2D eigenvalue weighted by atomic mass is 32.2. The molecule has 0 N–H and O–H groups in total. The Hall–Kier alpha value is -3.14. The van der Waals surface area contributed by atoms with E-state index in [4.69, 9.17) is 9.47 Å². The van der Waals surface area contributed by atoms with E-state index in [0.717, 1.165) is 30.6 Å². The Morgan fingerprint density at radius 2 is 1.77 bits per heavy atom. The third-order valence-electron chi connectivity index (χ3n) is 7.23. The number of nitrogens with zero attached hydrogens (tertiary/aromatic N) is 3. The van der Waals surface area contributed by atoms with Crippen molar-refractivity contribution < 1.29 is 22.7 Å². The Morgan fingerprint density at radius 3 is 2.44 bits per heavy atom. The second-order valence-corrected chi connectivity index (χ2v) is 11.9. The summed E-state index contributed by atoms with van der Waals surface area (Å²) < 4.78 is 42.6. The summed E-state index contributed by atoms with van der Waals surface area (Å²) in [6, 6.07) is 17.1. The molecule has 0 saturated heterocycles. The van der Waals surface area contributed by atoms with Crippen LogP contribution in [0.25, 0.3) is 0 Å². The van der Waals surface area contributed by atoms with Crippen molar-refractivity contribution in [1.82, 2.24) is 13.8 Å². The average molecular weight is 554 g/mol. The molecule has 1 unspecified atom stereocenters. The number of carbonyl (C=O) groups excluding carboxylic acids is 1. The third-order valence-corrected chi connectivity index (χ3v) is 9.38. The highest BCUT2D eigenvalue weighted by Gasteiger charge is 2.31. The quantitative estimate of drug-likeness (QED) is 0.304. The first-order valence-electron chi connectivity index (χ1n) is 13.5. The van der Waals surface area contributed by atoms with E-state index < -0.39 is 10.0 Å². The van der Waals surface area contributed by atoms with Crippen LogP contribution in [0.2, 0.25) is 0 Å². The molecule has 1 aliphatic rings. The summed E-state index contributed by atoms with van der Waals surface area (Å²) in [7, 11) is -2.29. The molecule has 9 heteroatoms. The molecular weight excluding hydrogens is 514 g/mol. The minimum atomic E-state index is -3.85. The first kappa shape index (κ1) is 28.9. The third kappa shape index (κ3) is 6.54. The van der Waals surface area contributed by atoms with Gasteiger partial charge in [-0.05, 0) is 61.2 Å². The molecule has 1 atom stereocenters. The first-order valence-corrected chi connectivity index (χ1v) is 14.9. The zero-order chi connectivity index (χ0) is 28.0. The molecule has 1 amide bonds.